The van der Waals surface area contributed by atoms with Crippen LogP contribution in [0.4, 0.5) is 5.69 Å². The largest absolute Gasteiger partial charge is 0.508 e. The van der Waals surface area contributed by atoms with Crippen molar-refractivity contribution in [1.82, 2.24) is 4.98 Å². The van der Waals surface area contributed by atoms with E-state index >= 15 is 0 Å². The third-order valence-corrected chi connectivity index (χ3v) is 2.67. The monoisotopic (exact) mass is 258 g/mol. The Labute approximate surface area is 110 Å². The van der Waals surface area contributed by atoms with Crippen LogP contribution in [0.15, 0.2) is 36.5 Å². The smallest absolute Gasteiger partial charge is 0.255 e. The Morgan fingerprint density at radius 2 is 2.11 bits per heavy atom. The van der Waals surface area contributed by atoms with E-state index in [1.54, 1.807) is 31.2 Å². The molecule has 0 saturated heterocycles. The number of benzene rings is 1. The van der Waals surface area contributed by atoms with Crippen molar-refractivity contribution in [3.63, 3.8) is 0 Å². The van der Waals surface area contributed by atoms with Crippen LogP contribution in [-0.2, 0) is 0 Å². The molecule has 1 amide bonds. The molecular formula is C14H14N2O3. The van der Waals surface area contributed by atoms with Crippen molar-refractivity contribution >= 4 is 11.6 Å². The lowest BCUT2D eigenvalue weighted by Gasteiger charge is -2.07. The van der Waals surface area contributed by atoms with Gasteiger partial charge in [-0.2, -0.15) is 0 Å². The number of rotatable bonds is 3. The second-order valence-corrected chi connectivity index (χ2v) is 4.04. The summed E-state index contributed by atoms with van der Waals surface area (Å²) in [4.78, 5) is 15.9. The Balaban J connectivity index is 2.13. The summed E-state index contributed by atoms with van der Waals surface area (Å²) in [6, 6.07) is 8.12. The lowest BCUT2D eigenvalue weighted by Crippen LogP contribution is -2.12. The highest BCUT2D eigenvalue weighted by Crippen LogP contribution is 2.18. The van der Waals surface area contributed by atoms with Gasteiger partial charge in [0.05, 0.1) is 19.0 Å². The number of aromatic nitrogens is 1. The van der Waals surface area contributed by atoms with Crippen LogP contribution >= 0.6 is 0 Å². The highest BCUT2D eigenvalue weighted by Gasteiger charge is 2.08. The molecule has 0 spiro atoms. The van der Waals surface area contributed by atoms with Crippen molar-refractivity contribution in [1.29, 1.82) is 0 Å². The minimum Gasteiger partial charge on any atom is -0.508 e. The molecule has 2 rings (SSSR count). The predicted molar refractivity (Wildman–Crippen MR) is 71.6 cm³/mol. The Morgan fingerprint density at radius 1 is 1.32 bits per heavy atom. The summed E-state index contributed by atoms with van der Waals surface area (Å²) in [6.45, 7) is 1.77. The number of nitrogens with one attached hydrogen (secondary N) is 1. The van der Waals surface area contributed by atoms with Crippen molar-refractivity contribution in [3.8, 4) is 11.6 Å². The van der Waals surface area contributed by atoms with E-state index in [9.17, 15) is 9.90 Å². The molecule has 5 heteroatoms. The molecule has 1 aromatic heterocycles. The number of phenols is 1. The number of nitrogens with zero attached hydrogens (tertiary/aromatic N) is 1. The Kier molecular flexibility index (Phi) is 3.66. The van der Waals surface area contributed by atoms with Gasteiger partial charge in [-0.1, -0.05) is 6.07 Å². The molecule has 0 aliphatic heterocycles. The van der Waals surface area contributed by atoms with E-state index in [0.29, 0.717) is 17.1 Å². The topological polar surface area (TPSA) is 71.5 Å². The van der Waals surface area contributed by atoms with Crippen molar-refractivity contribution in [2.24, 2.45) is 0 Å². The number of carbonyl (C=O) groups is 1. The molecule has 0 saturated carbocycles. The molecule has 2 aromatic rings. The number of pyridine rings is 1. The van der Waals surface area contributed by atoms with Crippen molar-refractivity contribution in [2.45, 2.75) is 6.92 Å². The van der Waals surface area contributed by atoms with Crippen LogP contribution in [0, 0.1) is 6.92 Å². The van der Waals surface area contributed by atoms with E-state index in [1.807, 2.05) is 0 Å². The fraction of sp³-hybridized carbons (Fsp3) is 0.143. The molecule has 98 valence electrons. The van der Waals surface area contributed by atoms with Crippen LogP contribution < -0.4 is 10.1 Å². The summed E-state index contributed by atoms with van der Waals surface area (Å²) in [5, 5.41) is 12.3. The number of methoxy groups -OCH3 is 1. The number of ether oxygens (including phenoxy) is 1. The quantitative estimate of drug-likeness (QED) is 0.886. The van der Waals surface area contributed by atoms with Gasteiger partial charge < -0.3 is 15.2 Å². The maximum atomic E-state index is 12.0. The van der Waals surface area contributed by atoms with Crippen LogP contribution in [-0.4, -0.2) is 23.1 Å². The normalized spacial score (nSPS) is 10.0. The third kappa shape index (κ3) is 3.01. The number of hydrogen-bond acceptors (Lipinski definition) is 4. The molecule has 0 bridgehead atoms. The highest BCUT2D eigenvalue weighted by molar-refractivity contribution is 6.04. The zero-order chi connectivity index (χ0) is 13.8. The molecule has 0 aliphatic rings. The van der Waals surface area contributed by atoms with E-state index in [4.69, 9.17) is 4.74 Å². The first-order valence-electron chi connectivity index (χ1n) is 5.71. The second kappa shape index (κ2) is 5.39. The summed E-state index contributed by atoms with van der Waals surface area (Å²) in [5.41, 5.74) is 1.67. The molecule has 0 unspecified atom stereocenters. The molecular weight excluding hydrogens is 244 g/mol. The van der Waals surface area contributed by atoms with Crippen LogP contribution in [0.5, 0.6) is 11.6 Å². The third-order valence-electron chi connectivity index (χ3n) is 2.67. The van der Waals surface area contributed by atoms with Crippen LogP contribution in [0.1, 0.15) is 15.9 Å². The van der Waals surface area contributed by atoms with Gasteiger partial charge in [0.1, 0.15) is 5.75 Å². The minimum absolute atomic E-state index is 0.0977. The van der Waals surface area contributed by atoms with Crippen molar-refractivity contribution in [2.75, 3.05) is 12.4 Å². The number of carbonyl (C=O) groups excluding carboxylic acids is 1. The molecule has 0 fully saturated rings. The van der Waals surface area contributed by atoms with E-state index in [-0.39, 0.29) is 11.7 Å². The van der Waals surface area contributed by atoms with Crippen LogP contribution in [0.3, 0.4) is 0 Å². The number of aryl methyl sites for hydroxylation is 1. The van der Waals surface area contributed by atoms with E-state index < -0.39 is 0 Å². The molecule has 19 heavy (non-hydrogen) atoms. The van der Waals surface area contributed by atoms with Gasteiger partial charge in [-0.15, -0.1) is 0 Å². The van der Waals surface area contributed by atoms with E-state index in [2.05, 4.69) is 10.3 Å². The first-order chi connectivity index (χ1) is 9.10. The van der Waals surface area contributed by atoms with Gasteiger partial charge in [-0.3, -0.25) is 4.79 Å². The number of amides is 1. The highest BCUT2D eigenvalue weighted by atomic mass is 16.5. The molecule has 1 heterocycles. The first-order valence-corrected chi connectivity index (χ1v) is 5.71. The van der Waals surface area contributed by atoms with Gasteiger partial charge in [-0.25, -0.2) is 4.98 Å². The predicted octanol–water partition coefficient (Wildman–Crippen LogP) is 2.36. The van der Waals surface area contributed by atoms with E-state index in [0.717, 1.165) is 5.56 Å². The molecule has 5 nitrogen and oxygen atoms in total. The standard InChI is InChI=1S/C14H14N2O3/c1-9-3-4-10(7-12(9)17)14(18)16-11-5-6-13(19-2)15-8-11/h3-8,17H,1-2H3,(H,16,18). The SMILES string of the molecule is COc1ccc(NC(=O)c2ccc(C)c(O)c2)cn1. The van der Waals surface area contributed by atoms with Crippen molar-refractivity contribution < 1.29 is 14.6 Å². The maximum absolute atomic E-state index is 12.0. The number of phenolic OH excluding ortho intramolecular Hbond substituents is 1. The van der Waals surface area contributed by atoms with Gasteiger partial charge in [-0.05, 0) is 30.7 Å². The average molecular weight is 258 g/mol. The summed E-state index contributed by atoms with van der Waals surface area (Å²) >= 11 is 0. The zero-order valence-corrected chi connectivity index (χ0v) is 10.7. The van der Waals surface area contributed by atoms with Gasteiger partial charge in [0.15, 0.2) is 0 Å². The Hall–Kier alpha value is -2.56. The summed E-state index contributed by atoms with van der Waals surface area (Å²) in [6.07, 6.45) is 1.50. The zero-order valence-electron chi connectivity index (χ0n) is 10.7. The lowest BCUT2D eigenvalue weighted by atomic mass is 10.1. The Morgan fingerprint density at radius 3 is 2.68 bits per heavy atom. The first kappa shape index (κ1) is 12.9. The van der Waals surface area contributed by atoms with Crippen molar-refractivity contribution in [3.05, 3.63) is 47.7 Å². The van der Waals surface area contributed by atoms with Crippen LogP contribution in [0.25, 0.3) is 0 Å². The maximum Gasteiger partial charge on any atom is 0.255 e. The lowest BCUT2D eigenvalue weighted by molar-refractivity contribution is 0.102. The Bertz CT molecular complexity index is 594. The molecule has 0 aliphatic carbocycles. The van der Waals surface area contributed by atoms with Gasteiger partial charge in [0.25, 0.3) is 5.91 Å². The minimum atomic E-state index is -0.303. The summed E-state index contributed by atoms with van der Waals surface area (Å²) in [7, 11) is 1.52. The second-order valence-electron chi connectivity index (χ2n) is 4.04. The van der Waals surface area contributed by atoms with E-state index in [1.165, 1.54) is 19.4 Å². The summed E-state index contributed by atoms with van der Waals surface area (Å²) < 4.78 is 4.93. The fourth-order valence-electron chi connectivity index (χ4n) is 1.53. The number of aromatic hydroxyl groups is 1. The molecule has 1 aromatic carbocycles. The number of hydrogen-bond donors (Lipinski definition) is 2. The van der Waals surface area contributed by atoms with Gasteiger partial charge in [0.2, 0.25) is 5.88 Å². The molecule has 0 atom stereocenters. The molecule has 2 N–H and O–H groups in total. The van der Waals surface area contributed by atoms with Gasteiger partial charge in [0, 0.05) is 11.6 Å². The van der Waals surface area contributed by atoms with Gasteiger partial charge >= 0.3 is 0 Å². The fourth-order valence-corrected chi connectivity index (χ4v) is 1.53. The molecule has 0 radical (unpaired) electrons. The average Bonchev–Trinajstić information content (AvgIpc) is 2.42. The van der Waals surface area contributed by atoms with Crippen LogP contribution in [0.2, 0.25) is 0 Å². The summed E-state index contributed by atoms with van der Waals surface area (Å²) in [5.74, 6) is 0.272. The number of anilines is 1.